The quantitative estimate of drug-likeness (QED) is 0.510. The smallest absolute Gasteiger partial charge is 0.283 e. The molecule has 0 unspecified atom stereocenters. The van der Waals surface area contributed by atoms with Crippen LogP contribution in [0.3, 0.4) is 0 Å². The van der Waals surface area contributed by atoms with Crippen LogP contribution in [0.1, 0.15) is 17.3 Å². The molecule has 0 saturated carbocycles. The Morgan fingerprint density at radius 3 is 2.73 bits per heavy atom. The van der Waals surface area contributed by atoms with Crippen LogP contribution in [-0.4, -0.2) is 31.7 Å². The lowest BCUT2D eigenvalue weighted by Crippen LogP contribution is -2.20. The number of hydrogen-bond donors (Lipinski definition) is 0. The van der Waals surface area contributed by atoms with E-state index in [-0.39, 0.29) is 0 Å². The van der Waals surface area contributed by atoms with Gasteiger partial charge < -0.3 is 13.4 Å². The van der Waals surface area contributed by atoms with Crippen LogP contribution >= 0.6 is 0 Å². The summed E-state index contributed by atoms with van der Waals surface area (Å²) in [5.41, 5.74) is 1.24. The maximum atomic E-state index is 5.66. The van der Waals surface area contributed by atoms with Crippen LogP contribution in [0, 0.1) is 0 Å². The van der Waals surface area contributed by atoms with Crippen molar-refractivity contribution in [1.82, 2.24) is 24.6 Å². The van der Waals surface area contributed by atoms with E-state index < -0.39 is 0 Å². The van der Waals surface area contributed by atoms with Gasteiger partial charge in [-0.15, -0.1) is 10.2 Å². The van der Waals surface area contributed by atoms with Gasteiger partial charge in [-0.2, -0.15) is 0 Å². The lowest BCUT2D eigenvalue weighted by atomic mass is 10.2. The molecule has 0 aliphatic carbocycles. The fraction of sp³-hybridized carbons (Fsp3) is 0.211. The monoisotopic (exact) mass is 349 g/mol. The number of imidazole rings is 1. The average molecular weight is 349 g/mol. The molecule has 3 aromatic heterocycles. The summed E-state index contributed by atoms with van der Waals surface area (Å²) in [6.07, 6.45) is 5.41. The first-order chi connectivity index (χ1) is 12.8. The van der Waals surface area contributed by atoms with Crippen molar-refractivity contribution < 1.29 is 8.83 Å². The summed E-state index contributed by atoms with van der Waals surface area (Å²) >= 11 is 0. The van der Waals surface area contributed by atoms with E-state index in [0.717, 1.165) is 12.4 Å². The van der Waals surface area contributed by atoms with Gasteiger partial charge in [-0.3, -0.25) is 4.90 Å². The fourth-order valence-corrected chi connectivity index (χ4v) is 2.76. The zero-order valence-electron chi connectivity index (χ0n) is 14.4. The summed E-state index contributed by atoms with van der Waals surface area (Å²) in [6.45, 7) is 2.01. The number of benzene rings is 1. The van der Waals surface area contributed by atoms with E-state index in [0.29, 0.717) is 30.6 Å². The van der Waals surface area contributed by atoms with E-state index >= 15 is 0 Å². The van der Waals surface area contributed by atoms with Crippen LogP contribution in [0.15, 0.2) is 70.0 Å². The second-order valence-corrected chi connectivity index (χ2v) is 6.11. The van der Waals surface area contributed by atoms with Gasteiger partial charge in [0.2, 0.25) is 5.89 Å². The molecule has 0 bridgehead atoms. The Hall–Kier alpha value is -3.19. The van der Waals surface area contributed by atoms with E-state index in [1.165, 1.54) is 5.56 Å². The number of rotatable bonds is 7. The third-order valence-corrected chi connectivity index (χ3v) is 4.01. The van der Waals surface area contributed by atoms with E-state index in [4.69, 9.17) is 8.83 Å². The first-order valence-electron chi connectivity index (χ1n) is 8.36. The number of hydrogen-bond acceptors (Lipinski definition) is 6. The van der Waals surface area contributed by atoms with E-state index in [2.05, 4.69) is 36.8 Å². The van der Waals surface area contributed by atoms with Gasteiger partial charge in [0.05, 0.1) is 19.4 Å². The maximum Gasteiger partial charge on any atom is 0.283 e. The highest BCUT2D eigenvalue weighted by Gasteiger charge is 2.14. The van der Waals surface area contributed by atoms with Crippen LogP contribution in [0.4, 0.5) is 0 Å². The van der Waals surface area contributed by atoms with Crippen LogP contribution in [0.5, 0.6) is 0 Å². The summed E-state index contributed by atoms with van der Waals surface area (Å²) in [5, 5.41) is 8.11. The van der Waals surface area contributed by atoms with Crippen LogP contribution in [0.25, 0.3) is 11.7 Å². The van der Waals surface area contributed by atoms with Gasteiger partial charge in [-0.1, -0.05) is 30.3 Å². The van der Waals surface area contributed by atoms with Gasteiger partial charge in [0, 0.05) is 18.9 Å². The largest absolute Gasteiger partial charge is 0.459 e. The predicted molar refractivity (Wildman–Crippen MR) is 94.9 cm³/mol. The SMILES string of the molecule is CN(Cc1nnc(-c2ccco2)o1)Cc1nccn1Cc1ccccc1. The number of nitrogens with zero attached hydrogens (tertiary/aromatic N) is 5. The molecule has 1 aromatic carbocycles. The van der Waals surface area contributed by atoms with Crippen molar-refractivity contribution in [3.05, 3.63) is 78.4 Å². The second-order valence-electron chi connectivity index (χ2n) is 6.11. The van der Waals surface area contributed by atoms with Crippen LogP contribution in [0.2, 0.25) is 0 Å². The molecule has 4 rings (SSSR count). The Bertz CT molecular complexity index is 943. The first-order valence-corrected chi connectivity index (χ1v) is 8.36. The topological polar surface area (TPSA) is 73.1 Å². The van der Waals surface area contributed by atoms with Crippen molar-refractivity contribution in [2.45, 2.75) is 19.6 Å². The van der Waals surface area contributed by atoms with Gasteiger partial charge in [0.1, 0.15) is 5.82 Å². The fourth-order valence-electron chi connectivity index (χ4n) is 2.76. The molecule has 132 valence electrons. The first kappa shape index (κ1) is 16.3. The Labute approximate surface area is 150 Å². The van der Waals surface area contributed by atoms with E-state index in [9.17, 15) is 0 Å². The Morgan fingerprint density at radius 2 is 1.92 bits per heavy atom. The second kappa shape index (κ2) is 7.37. The summed E-state index contributed by atoms with van der Waals surface area (Å²) in [5.74, 6) is 2.50. The number of aromatic nitrogens is 4. The van der Waals surface area contributed by atoms with E-state index in [1.54, 1.807) is 18.4 Å². The molecule has 3 heterocycles. The van der Waals surface area contributed by atoms with Crippen LogP contribution in [-0.2, 0) is 19.6 Å². The maximum absolute atomic E-state index is 5.66. The molecule has 4 aromatic rings. The molecule has 0 saturated heterocycles. The molecule has 0 amide bonds. The lowest BCUT2D eigenvalue weighted by molar-refractivity contribution is 0.272. The highest BCUT2D eigenvalue weighted by atomic mass is 16.4. The summed E-state index contributed by atoms with van der Waals surface area (Å²) < 4.78 is 13.1. The summed E-state index contributed by atoms with van der Waals surface area (Å²) in [4.78, 5) is 6.57. The van der Waals surface area contributed by atoms with Crippen molar-refractivity contribution in [2.75, 3.05) is 7.05 Å². The van der Waals surface area contributed by atoms with Crippen molar-refractivity contribution in [1.29, 1.82) is 0 Å². The summed E-state index contributed by atoms with van der Waals surface area (Å²) in [7, 11) is 2.00. The molecule has 7 nitrogen and oxygen atoms in total. The standard InChI is InChI=1S/C19H19N5O2/c1-23(14-18-21-22-19(26-18)16-8-5-11-25-16)13-17-20-9-10-24(17)12-15-6-3-2-4-7-15/h2-11H,12-14H2,1H3. The van der Waals surface area contributed by atoms with Crippen molar-refractivity contribution >= 4 is 0 Å². The zero-order chi connectivity index (χ0) is 17.8. The summed E-state index contributed by atoms with van der Waals surface area (Å²) in [6, 6.07) is 13.9. The molecular formula is C19H19N5O2. The van der Waals surface area contributed by atoms with Crippen molar-refractivity contribution in [3.8, 4) is 11.7 Å². The normalized spacial score (nSPS) is 11.3. The van der Waals surface area contributed by atoms with Crippen molar-refractivity contribution in [2.24, 2.45) is 0 Å². The highest BCUT2D eigenvalue weighted by Crippen LogP contribution is 2.18. The van der Waals surface area contributed by atoms with Gasteiger partial charge in [0.25, 0.3) is 5.89 Å². The Kier molecular flexibility index (Phi) is 4.61. The molecule has 0 radical (unpaired) electrons. The average Bonchev–Trinajstić information content (AvgIpc) is 3.38. The third-order valence-electron chi connectivity index (χ3n) is 4.01. The molecule has 26 heavy (non-hydrogen) atoms. The minimum Gasteiger partial charge on any atom is -0.459 e. The molecule has 0 fully saturated rings. The van der Waals surface area contributed by atoms with Gasteiger partial charge in [0.15, 0.2) is 5.76 Å². The molecule has 0 spiro atoms. The lowest BCUT2D eigenvalue weighted by Gasteiger charge is -2.15. The molecule has 0 atom stereocenters. The third kappa shape index (κ3) is 3.73. The molecule has 7 heteroatoms. The Balaban J connectivity index is 1.40. The van der Waals surface area contributed by atoms with Gasteiger partial charge >= 0.3 is 0 Å². The zero-order valence-corrected chi connectivity index (χ0v) is 14.4. The van der Waals surface area contributed by atoms with Crippen molar-refractivity contribution in [3.63, 3.8) is 0 Å². The van der Waals surface area contributed by atoms with Crippen LogP contribution < -0.4 is 0 Å². The number of furan rings is 1. The minimum absolute atomic E-state index is 0.393. The molecule has 0 N–H and O–H groups in total. The van der Waals surface area contributed by atoms with Gasteiger partial charge in [-0.05, 0) is 24.7 Å². The Morgan fingerprint density at radius 1 is 1.04 bits per heavy atom. The van der Waals surface area contributed by atoms with E-state index in [1.807, 2.05) is 37.6 Å². The van der Waals surface area contributed by atoms with Gasteiger partial charge in [-0.25, -0.2) is 4.98 Å². The molecular weight excluding hydrogens is 330 g/mol. The molecule has 0 aliphatic rings. The molecule has 0 aliphatic heterocycles. The predicted octanol–water partition coefficient (Wildman–Crippen LogP) is 3.21. The minimum atomic E-state index is 0.393. The highest BCUT2D eigenvalue weighted by molar-refractivity contribution is 5.42.